The summed E-state index contributed by atoms with van der Waals surface area (Å²) in [5, 5.41) is 2.86. The van der Waals surface area contributed by atoms with E-state index < -0.39 is 5.41 Å². The first-order valence-electron chi connectivity index (χ1n) is 12.6. The largest absolute Gasteiger partial charge is 0.491 e. The van der Waals surface area contributed by atoms with Gasteiger partial charge in [0, 0.05) is 32.6 Å². The van der Waals surface area contributed by atoms with Crippen LogP contribution in [0.3, 0.4) is 0 Å². The normalized spacial score (nSPS) is 22.2. The van der Waals surface area contributed by atoms with Crippen molar-refractivity contribution in [1.29, 1.82) is 0 Å². The van der Waals surface area contributed by atoms with Gasteiger partial charge in [0.2, 0.25) is 11.8 Å². The number of fused-ring (bicyclic) bond motifs is 9. The lowest BCUT2D eigenvalue weighted by Crippen LogP contribution is -2.49. The van der Waals surface area contributed by atoms with Crippen molar-refractivity contribution in [2.75, 3.05) is 39.8 Å². The predicted octanol–water partition coefficient (Wildman–Crippen LogP) is 3.24. The van der Waals surface area contributed by atoms with Crippen LogP contribution in [0.25, 0.3) is 0 Å². The summed E-state index contributed by atoms with van der Waals surface area (Å²) in [6.45, 7) is 2.70. The quantitative estimate of drug-likeness (QED) is 0.743. The molecule has 3 aliphatic heterocycles. The Bertz CT molecular complexity index is 857. The first kappa shape index (κ1) is 23.6. The van der Waals surface area contributed by atoms with Crippen LogP contribution in [-0.4, -0.2) is 67.4 Å². The molecule has 0 aromatic heterocycles. The minimum atomic E-state index is -0.442. The lowest BCUT2D eigenvalue weighted by Gasteiger charge is -2.40. The molecule has 3 heterocycles. The fourth-order valence-electron chi connectivity index (χ4n) is 5.73. The fourth-order valence-corrected chi connectivity index (χ4v) is 5.73. The van der Waals surface area contributed by atoms with Crippen LogP contribution in [0.2, 0.25) is 0 Å². The van der Waals surface area contributed by atoms with Crippen molar-refractivity contribution in [3.05, 3.63) is 29.8 Å². The van der Waals surface area contributed by atoms with Gasteiger partial charge in [-0.1, -0.05) is 31.4 Å². The van der Waals surface area contributed by atoms with Gasteiger partial charge in [0.1, 0.15) is 12.4 Å². The van der Waals surface area contributed by atoms with Crippen molar-refractivity contribution < 1.29 is 19.1 Å². The van der Waals surface area contributed by atoms with Gasteiger partial charge in [-0.15, -0.1) is 0 Å². The second kappa shape index (κ2) is 10.6. The van der Waals surface area contributed by atoms with Crippen LogP contribution in [-0.2, 0) is 9.59 Å². The zero-order chi connectivity index (χ0) is 23.3. The molecule has 7 nitrogen and oxygen atoms in total. The van der Waals surface area contributed by atoms with E-state index in [-0.39, 0.29) is 23.6 Å². The molecule has 1 aromatic rings. The van der Waals surface area contributed by atoms with Crippen LogP contribution in [0.15, 0.2) is 24.3 Å². The maximum Gasteiger partial charge on any atom is 0.257 e. The number of carbonyl (C=O) groups is 3. The van der Waals surface area contributed by atoms with Gasteiger partial charge in [-0.3, -0.25) is 14.4 Å². The van der Waals surface area contributed by atoms with E-state index in [0.717, 1.165) is 44.9 Å². The topological polar surface area (TPSA) is 79.0 Å². The molecule has 1 N–H and O–H groups in total. The molecule has 33 heavy (non-hydrogen) atoms. The van der Waals surface area contributed by atoms with E-state index in [1.807, 2.05) is 28.0 Å². The molecular formula is C26H37N3O4. The summed E-state index contributed by atoms with van der Waals surface area (Å²) in [5.41, 5.74) is 0.107. The third-order valence-corrected chi connectivity index (χ3v) is 7.80. The van der Waals surface area contributed by atoms with Gasteiger partial charge in [0.15, 0.2) is 0 Å². The fraction of sp³-hybridized carbons (Fsp3) is 0.654. The van der Waals surface area contributed by atoms with Crippen molar-refractivity contribution in [3.63, 3.8) is 0 Å². The van der Waals surface area contributed by atoms with E-state index in [4.69, 9.17) is 4.74 Å². The van der Waals surface area contributed by atoms with Crippen molar-refractivity contribution >= 4 is 17.7 Å². The number of hydrogen-bond acceptors (Lipinski definition) is 4. The highest BCUT2D eigenvalue weighted by molar-refractivity contribution is 5.97. The number of hydrogen-bond donors (Lipinski definition) is 1. The predicted molar refractivity (Wildman–Crippen MR) is 126 cm³/mol. The molecule has 0 radical (unpaired) electrons. The van der Waals surface area contributed by atoms with Gasteiger partial charge in [0.05, 0.1) is 17.5 Å². The van der Waals surface area contributed by atoms with Crippen molar-refractivity contribution in [2.45, 2.75) is 57.8 Å². The van der Waals surface area contributed by atoms with Crippen LogP contribution in [0.1, 0.15) is 68.1 Å². The molecule has 0 atom stereocenters. The van der Waals surface area contributed by atoms with Crippen LogP contribution >= 0.6 is 0 Å². The minimum absolute atomic E-state index is 0.0510. The Morgan fingerprint density at radius 2 is 1.70 bits per heavy atom. The number of amides is 3. The zero-order valence-electron chi connectivity index (χ0n) is 19.8. The van der Waals surface area contributed by atoms with Gasteiger partial charge in [0.25, 0.3) is 5.91 Å². The molecular weight excluding hydrogens is 418 g/mol. The molecule has 3 amide bonds. The number of para-hydroxylation sites is 1. The molecule has 2 bridgehead atoms. The average Bonchev–Trinajstić information content (AvgIpc) is 3.39. The first-order valence-corrected chi connectivity index (χ1v) is 12.6. The van der Waals surface area contributed by atoms with Crippen LogP contribution in [0.5, 0.6) is 5.75 Å². The third-order valence-electron chi connectivity index (χ3n) is 7.80. The van der Waals surface area contributed by atoms with E-state index in [1.165, 1.54) is 0 Å². The number of ether oxygens (including phenoxy) is 1. The van der Waals surface area contributed by atoms with Gasteiger partial charge in [-0.2, -0.15) is 0 Å². The van der Waals surface area contributed by atoms with Crippen molar-refractivity contribution in [1.82, 2.24) is 15.1 Å². The van der Waals surface area contributed by atoms with E-state index in [0.29, 0.717) is 56.9 Å². The Morgan fingerprint density at radius 1 is 0.970 bits per heavy atom. The summed E-state index contributed by atoms with van der Waals surface area (Å²) in [5.74, 6) is 0.944. The van der Waals surface area contributed by atoms with Crippen LogP contribution in [0, 0.1) is 11.3 Å². The maximum absolute atomic E-state index is 13.3. The third kappa shape index (κ3) is 5.17. The Morgan fingerprint density at radius 3 is 2.42 bits per heavy atom. The summed E-state index contributed by atoms with van der Waals surface area (Å²) >= 11 is 0. The smallest absolute Gasteiger partial charge is 0.257 e. The number of nitrogens with one attached hydrogen (secondary N) is 1. The molecule has 1 saturated heterocycles. The molecule has 4 aliphatic rings. The highest BCUT2D eigenvalue weighted by atomic mass is 16.5. The monoisotopic (exact) mass is 455 g/mol. The molecule has 1 aliphatic carbocycles. The summed E-state index contributed by atoms with van der Waals surface area (Å²) in [4.78, 5) is 43.1. The second-order valence-corrected chi connectivity index (χ2v) is 9.76. The molecule has 0 spiro atoms. The average molecular weight is 456 g/mol. The van der Waals surface area contributed by atoms with Crippen molar-refractivity contribution in [3.8, 4) is 5.75 Å². The van der Waals surface area contributed by atoms with Gasteiger partial charge in [-0.25, -0.2) is 0 Å². The van der Waals surface area contributed by atoms with Gasteiger partial charge in [-0.05, 0) is 50.7 Å². The molecule has 0 unspecified atom stereocenters. The number of carbonyl (C=O) groups excluding carboxylic acids is 3. The highest BCUT2D eigenvalue weighted by Crippen LogP contribution is 2.38. The Hall–Kier alpha value is -2.57. The molecule has 180 valence electrons. The van der Waals surface area contributed by atoms with Gasteiger partial charge >= 0.3 is 0 Å². The molecule has 7 heteroatoms. The number of piperidine rings is 1. The summed E-state index contributed by atoms with van der Waals surface area (Å²) in [6, 6.07) is 7.35. The number of rotatable bonds is 2. The lowest BCUT2D eigenvalue weighted by molar-refractivity contribution is -0.136. The van der Waals surface area contributed by atoms with Crippen LogP contribution in [0.4, 0.5) is 0 Å². The maximum atomic E-state index is 13.3. The summed E-state index contributed by atoms with van der Waals surface area (Å²) < 4.78 is 6.05. The molecule has 5 rings (SSSR count). The Kier molecular flexibility index (Phi) is 7.56. The lowest BCUT2D eigenvalue weighted by atomic mass is 9.73. The Balaban J connectivity index is 1.57. The van der Waals surface area contributed by atoms with Gasteiger partial charge < -0.3 is 19.9 Å². The van der Waals surface area contributed by atoms with Crippen molar-refractivity contribution in [2.24, 2.45) is 11.3 Å². The molecule has 2 fully saturated rings. The summed E-state index contributed by atoms with van der Waals surface area (Å²) in [6.07, 6.45) is 8.06. The zero-order valence-corrected chi connectivity index (χ0v) is 19.8. The highest BCUT2D eigenvalue weighted by Gasteiger charge is 2.41. The molecule has 1 saturated carbocycles. The minimum Gasteiger partial charge on any atom is -0.491 e. The van der Waals surface area contributed by atoms with E-state index in [9.17, 15) is 14.4 Å². The van der Waals surface area contributed by atoms with E-state index >= 15 is 0 Å². The second-order valence-electron chi connectivity index (χ2n) is 9.76. The standard InChI is InChI=1S/C26H37N3O4/c1-27-25(32)26-12-6-7-15-28(23(30)20-8-2-3-9-20)18-19-33-22-11-5-4-10-21(22)24(31)29(16-13-26)17-14-26/h4-5,10-11,20H,2-3,6-9,12-19H2,1H3,(H,27,32). The Labute approximate surface area is 196 Å². The summed E-state index contributed by atoms with van der Waals surface area (Å²) in [7, 11) is 1.69. The molecule has 1 aromatic carbocycles. The van der Waals surface area contributed by atoms with E-state index in [1.54, 1.807) is 13.1 Å². The SMILES string of the molecule is CNC(=O)C12CCCCN(C(=O)C3CCCC3)CCOc3ccccc3C(=O)N(CC1)CC2. The number of benzene rings is 1. The van der Waals surface area contributed by atoms with E-state index in [2.05, 4.69) is 5.32 Å². The number of nitrogens with zero attached hydrogens (tertiary/aromatic N) is 2. The van der Waals surface area contributed by atoms with Crippen LogP contribution < -0.4 is 10.1 Å². The first-order chi connectivity index (χ1) is 16.0.